The van der Waals surface area contributed by atoms with E-state index in [9.17, 15) is 9.59 Å². The highest BCUT2D eigenvalue weighted by Crippen LogP contribution is 2.25. The van der Waals surface area contributed by atoms with Gasteiger partial charge in [0.25, 0.3) is 0 Å². The van der Waals surface area contributed by atoms with E-state index < -0.39 is 0 Å². The third kappa shape index (κ3) is 5.59. The van der Waals surface area contributed by atoms with Crippen LogP contribution in [0.25, 0.3) is 0 Å². The zero-order chi connectivity index (χ0) is 19.8. The van der Waals surface area contributed by atoms with Gasteiger partial charge in [-0.05, 0) is 73.2 Å². The van der Waals surface area contributed by atoms with E-state index in [-0.39, 0.29) is 11.7 Å². The van der Waals surface area contributed by atoms with Crippen LogP contribution in [0.3, 0.4) is 0 Å². The number of methoxy groups -OCH3 is 1. The van der Waals surface area contributed by atoms with Crippen LogP contribution >= 0.6 is 0 Å². The summed E-state index contributed by atoms with van der Waals surface area (Å²) < 4.78 is 10.8. The van der Waals surface area contributed by atoms with E-state index >= 15 is 0 Å². The van der Waals surface area contributed by atoms with E-state index in [1.807, 2.05) is 6.07 Å². The van der Waals surface area contributed by atoms with Crippen molar-refractivity contribution in [3.05, 3.63) is 59.2 Å². The van der Waals surface area contributed by atoms with Crippen molar-refractivity contribution in [3.63, 3.8) is 0 Å². The molecule has 148 valence electrons. The van der Waals surface area contributed by atoms with Crippen LogP contribution in [0.1, 0.15) is 47.2 Å². The molecule has 0 fully saturated rings. The van der Waals surface area contributed by atoms with Crippen molar-refractivity contribution in [2.75, 3.05) is 20.3 Å². The number of fused-ring (bicyclic) bond motifs is 1. The molecule has 5 nitrogen and oxygen atoms in total. The number of nitrogens with one attached hydrogen (secondary N) is 1. The number of benzene rings is 2. The second-order valence-corrected chi connectivity index (χ2v) is 6.99. The molecule has 0 unspecified atom stereocenters. The summed E-state index contributed by atoms with van der Waals surface area (Å²) in [5, 5.41) is 2.84. The van der Waals surface area contributed by atoms with Crippen molar-refractivity contribution < 1.29 is 19.1 Å². The van der Waals surface area contributed by atoms with Gasteiger partial charge in [0.05, 0.1) is 13.7 Å². The lowest BCUT2D eigenvalue weighted by atomic mass is 10.1. The van der Waals surface area contributed by atoms with Gasteiger partial charge in [-0.1, -0.05) is 6.07 Å². The molecule has 1 N–H and O–H groups in total. The van der Waals surface area contributed by atoms with Crippen LogP contribution in [0.2, 0.25) is 0 Å². The molecular formula is C23H27NO4. The highest BCUT2D eigenvalue weighted by Gasteiger charge is 2.11. The predicted molar refractivity (Wildman–Crippen MR) is 108 cm³/mol. The molecule has 0 saturated heterocycles. The second-order valence-electron chi connectivity index (χ2n) is 6.99. The van der Waals surface area contributed by atoms with Crippen LogP contribution in [0.15, 0.2) is 42.5 Å². The lowest BCUT2D eigenvalue weighted by molar-refractivity contribution is -0.121. The van der Waals surface area contributed by atoms with Gasteiger partial charge >= 0.3 is 0 Å². The molecular weight excluding hydrogens is 354 g/mol. The summed E-state index contributed by atoms with van der Waals surface area (Å²) in [4.78, 5) is 24.0. The minimum Gasteiger partial charge on any atom is -0.497 e. The molecule has 0 heterocycles. The fraction of sp³-hybridized carbons (Fsp3) is 0.391. The summed E-state index contributed by atoms with van der Waals surface area (Å²) in [6.07, 6.45) is 4.72. The average molecular weight is 381 g/mol. The maximum atomic E-state index is 12.1. The zero-order valence-electron chi connectivity index (χ0n) is 16.3. The van der Waals surface area contributed by atoms with E-state index in [2.05, 4.69) is 17.4 Å². The van der Waals surface area contributed by atoms with Crippen molar-refractivity contribution in [2.45, 2.75) is 38.5 Å². The molecule has 0 radical (unpaired) electrons. The van der Waals surface area contributed by atoms with Crippen molar-refractivity contribution in [3.8, 4) is 11.5 Å². The summed E-state index contributed by atoms with van der Waals surface area (Å²) in [6.45, 7) is 0.900. The van der Waals surface area contributed by atoms with Crippen LogP contribution in [0.4, 0.5) is 0 Å². The van der Waals surface area contributed by atoms with E-state index in [1.54, 1.807) is 31.4 Å². The number of amides is 1. The van der Waals surface area contributed by atoms with Gasteiger partial charge in [0.1, 0.15) is 18.1 Å². The number of hydrogen-bond donors (Lipinski definition) is 1. The molecule has 1 amide bonds. The minimum atomic E-state index is -0.0555. The van der Waals surface area contributed by atoms with Gasteiger partial charge < -0.3 is 14.8 Å². The molecule has 0 bridgehead atoms. The lowest BCUT2D eigenvalue weighted by Gasteiger charge is -2.09. The molecule has 0 aliphatic heterocycles. The number of Topliss-reactive ketones (excluding diaryl/α,β-unsaturated/α-hetero) is 1. The summed E-state index contributed by atoms with van der Waals surface area (Å²) in [5.41, 5.74) is 3.44. The number of aryl methyl sites for hydroxylation is 2. The number of ether oxygens (including phenoxy) is 2. The molecule has 2 aromatic carbocycles. The van der Waals surface area contributed by atoms with Crippen LogP contribution < -0.4 is 14.8 Å². The Labute approximate surface area is 166 Å². The van der Waals surface area contributed by atoms with Gasteiger partial charge in [0.2, 0.25) is 5.91 Å². The fourth-order valence-electron chi connectivity index (χ4n) is 3.42. The Hall–Kier alpha value is -2.82. The zero-order valence-corrected chi connectivity index (χ0v) is 16.3. The van der Waals surface area contributed by atoms with Gasteiger partial charge in [0, 0.05) is 18.4 Å². The monoisotopic (exact) mass is 381 g/mol. The van der Waals surface area contributed by atoms with Crippen LogP contribution in [0.5, 0.6) is 11.5 Å². The summed E-state index contributed by atoms with van der Waals surface area (Å²) in [5.74, 6) is 1.56. The van der Waals surface area contributed by atoms with Crippen molar-refractivity contribution in [2.24, 2.45) is 0 Å². The maximum Gasteiger partial charge on any atom is 0.220 e. The third-order valence-corrected chi connectivity index (χ3v) is 4.98. The van der Waals surface area contributed by atoms with E-state index in [1.165, 1.54) is 17.5 Å². The number of rotatable bonds is 10. The number of ketones is 1. The molecule has 0 atom stereocenters. The summed E-state index contributed by atoms with van der Waals surface area (Å²) in [6, 6.07) is 13.3. The van der Waals surface area contributed by atoms with Crippen LogP contribution in [-0.4, -0.2) is 32.0 Å². The standard InChI is InChI=1S/C23H27NO4/c1-27-20-11-9-18(10-12-20)22(25)6-3-7-23(26)24-14-15-28-21-13-8-17-4-2-5-19(17)16-21/h8-13,16H,2-7,14-15H2,1H3,(H,24,26). The maximum absolute atomic E-state index is 12.1. The third-order valence-electron chi connectivity index (χ3n) is 4.98. The Morgan fingerprint density at radius 1 is 0.964 bits per heavy atom. The van der Waals surface area contributed by atoms with Crippen molar-refractivity contribution >= 4 is 11.7 Å². The molecule has 0 spiro atoms. The van der Waals surface area contributed by atoms with Crippen molar-refractivity contribution in [1.29, 1.82) is 0 Å². The molecule has 28 heavy (non-hydrogen) atoms. The Kier molecular flexibility index (Phi) is 7.06. The smallest absolute Gasteiger partial charge is 0.220 e. The summed E-state index contributed by atoms with van der Waals surface area (Å²) in [7, 11) is 1.59. The molecule has 0 aromatic heterocycles. The Morgan fingerprint density at radius 3 is 2.50 bits per heavy atom. The van der Waals surface area contributed by atoms with E-state index in [0.29, 0.717) is 38.0 Å². The highest BCUT2D eigenvalue weighted by molar-refractivity contribution is 5.96. The molecule has 3 rings (SSSR count). The number of hydrogen-bond acceptors (Lipinski definition) is 4. The van der Waals surface area contributed by atoms with Gasteiger partial charge in [-0.2, -0.15) is 0 Å². The molecule has 1 aliphatic rings. The first-order valence-corrected chi connectivity index (χ1v) is 9.84. The van der Waals surface area contributed by atoms with Crippen LogP contribution in [-0.2, 0) is 17.6 Å². The molecule has 1 aliphatic carbocycles. The van der Waals surface area contributed by atoms with Crippen molar-refractivity contribution in [1.82, 2.24) is 5.32 Å². The first-order valence-electron chi connectivity index (χ1n) is 9.84. The van der Waals surface area contributed by atoms with Gasteiger partial charge in [-0.15, -0.1) is 0 Å². The van der Waals surface area contributed by atoms with Gasteiger partial charge in [-0.3, -0.25) is 9.59 Å². The van der Waals surface area contributed by atoms with E-state index in [4.69, 9.17) is 9.47 Å². The second kappa shape index (κ2) is 9.93. The Morgan fingerprint density at radius 2 is 1.71 bits per heavy atom. The summed E-state index contributed by atoms with van der Waals surface area (Å²) >= 11 is 0. The molecule has 2 aromatic rings. The SMILES string of the molecule is COc1ccc(C(=O)CCCC(=O)NCCOc2ccc3c(c2)CCC3)cc1. The fourth-order valence-corrected chi connectivity index (χ4v) is 3.42. The topological polar surface area (TPSA) is 64.6 Å². The first kappa shape index (κ1) is 19.9. The Balaban J connectivity index is 1.29. The number of carbonyl (C=O) groups excluding carboxylic acids is 2. The predicted octanol–water partition coefficient (Wildman–Crippen LogP) is 3.73. The van der Waals surface area contributed by atoms with E-state index in [0.717, 1.165) is 24.3 Å². The van der Waals surface area contributed by atoms with Gasteiger partial charge in [-0.25, -0.2) is 0 Å². The largest absolute Gasteiger partial charge is 0.497 e. The highest BCUT2D eigenvalue weighted by atomic mass is 16.5. The van der Waals surface area contributed by atoms with Crippen LogP contribution in [0, 0.1) is 0 Å². The average Bonchev–Trinajstić information content (AvgIpc) is 3.19. The quantitative estimate of drug-likeness (QED) is 0.503. The number of carbonyl (C=O) groups is 2. The van der Waals surface area contributed by atoms with Gasteiger partial charge in [0.15, 0.2) is 5.78 Å². The Bertz CT molecular complexity index is 814. The molecule has 5 heteroatoms. The minimum absolute atomic E-state index is 0.0374. The first-order chi connectivity index (χ1) is 13.7. The normalized spacial score (nSPS) is 12.3. The lowest BCUT2D eigenvalue weighted by Crippen LogP contribution is -2.27. The molecule has 0 saturated carbocycles.